The number of fused-ring (bicyclic) bond motifs is 1. The van der Waals surface area contributed by atoms with Crippen LogP contribution in [0.1, 0.15) is 20.8 Å². The minimum Gasteiger partial charge on any atom is -0.444 e. The molecule has 7 nitrogen and oxygen atoms in total. The summed E-state index contributed by atoms with van der Waals surface area (Å²) in [6.45, 7) is 5.36. The maximum atomic E-state index is 11.5. The summed E-state index contributed by atoms with van der Waals surface area (Å²) in [5.74, 6) is 0.187. The molecule has 2 aromatic heterocycles. The highest BCUT2D eigenvalue weighted by molar-refractivity contribution is 5.82. The van der Waals surface area contributed by atoms with E-state index >= 15 is 0 Å². The zero-order valence-electron chi connectivity index (χ0n) is 9.84. The molecular formula is C10H13N5O2. The highest BCUT2D eigenvalue weighted by atomic mass is 16.6. The van der Waals surface area contributed by atoms with Gasteiger partial charge in [-0.25, -0.2) is 9.31 Å². The van der Waals surface area contributed by atoms with Gasteiger partial charge in [0, 0.05) is 12.4 Å². The van der Waals surface area contributed by atoms with E-state index in [4.69, 9.17) is 4.74 Å². The first-order valence-electron chi connectivity index (χ1n) is 5.10. The zero-order valence-corrected chi connectivity index (χ0v) is 9.84. The highest BCUT2D eigenvalue weighted by Gasteiger charge is 2.17. The molecule has 0 fully saturated rings. The summed E-state index contributed by atoms with van der Waals surface area (Å²) < 4.78 is 6.60. The third kappa shape index (κ3) is 2.90. The Morgan fingerprint density at radius 2 is 2.24 bits per heavy atom. The van der Waals surface area contributed by atoms with Gasteiger partial charge in [0.2, 0.25) is 0 Å². The number of amides is 1. The van der Waals surface area contributed by atoms with Gasteiger partial charge in [-0.2, -0.15) is 4.98 Å². The molecule has 0 aliphatic rings. The van der Waals surface area contributed by atoms with Gasteiger partial charge in [0.25, 0.3) is 5.95 Å². The lowest BCUT2D eigenvalue weighted by Gasteiger charge is -2.18. The molecule has 0 saturated carbocycles. The van der Waals surface area contributed by atoms with E-state index in [-0.39, 0.29) is 5.95 Å². The predicted octanol–water partition coefficient (Wildman–Crippen LogP) is 1.47. The van der Waals surface area contributed by atoms with Crippen LogP contribution < -0.4 is 5.32 Å². The van der Waals surface area contributed by atoms with Gasteiger partial charge in [-0.05, 0) is 20.8 Å². The van der Waals surface area contributed by atoms with Crippen LogP contribution in [0.5, 0.6) is 0 Å². The van der Waals surface area contributed by atoms with Gasteiger partial charge in [0.15, 0.2) is 5.65 Å². The lowest BCUT2D eigenvalue weighted by Crippen LogP contribution is -2.27. The number of carbonyl (C=O) groups is 1. The minimum absolute atomic E-state index is 0.187. The van der Waals surface area contributed by atoms with Crippen molar-refractivity contribution in [2.45, 2.75) is 26.4 Å². The van der Waals surface area contributed by atoms with Crippen LogP contribution in [-0.2, 0) is 4.74 Å². The first-order valence-corrected chi connectivity index (χ1v) is 5.10. The smallest absolute Gasteiger partial charge is 0.414 e. The van der Waals surface area contributed by atoms with Crippen LogP contribution in [-0.4, -0.2) is 31.3 Å². The van der Waals surface area contributed by atoms with Crippen LogP contribution in [0.4, 0.5) is 10.7 Å². The Labute approximate surface area is 97.8 Å². The largest absolute Gasteiger partial charge is 0.444 e. The molecule has 0 spiro atoms. The fourth-order valence-corrected chi connectivity index (χ4v) is 1.19. The number of hydrogen-bond donors (Lipinski definition) is 1. The Bertz CT molecular complexity index is 510. The summed E-state index contributed by atoms with van der Waals surface area (Å²) in [6.07, 6.45) is 4.19. The molecule has 1 amide bonds. The van der Waals surface area contributed by atoms with Crippen molar-refractivity contribution >= 4 is 17.7 Å². The van der Waals surface area contributed by atoms with E-state index in [1.54, 1.807) is 39.4 Å². The molecule has 7 heteroatoms. The van der Waals surface area contributed by atoms with Gasteiger partial charge in [0.1, 0.15) is 5.60 Å². The molecule has 0 saturated heterocycles. The lowest BCUT2D eigenvalue weighted by atomic mass is 10.2. The average molecular weight is 235 g/mol. The van der Waals surface area contributed by atoms with Gasteiger partial charge < -0.3 is 4.74 Å². The molecule has 1 N–H and O–H groups in total. The Morgan fingerprint density at radius 3 is 2.88 bits per heavy atom. The van der Waals surface area contributed by atoms with Crippen molar-refractivity contribution in [3.05, 3.63) is 18.6 Å². The molecule has 2 heterocycles. The number of rotatable bonds is 1. The summed E-state index contributed by atoms with van der Waals surface area (Å²) in [5, 5.41) is 6.49. The molecule has 0 aromatic carbocycles. The summed E-state index contributed by atoms with van der Waals surface area (Å²) in [6, 6.07) is 0. The average Bonchev–Trinajstić information content (AvgIpc) is 2.55. The Hall–Kier alpha value is -2.18. The van der Waals surface area contributed by atoms with Crippen LogP contribution in [0.3, 0.4) is 0 Å². The predicted molar refractivity (Wildman–Crippen MR) is 60.6 cm³/mol. The van der Waals surface area contributed by atoms with Crippen molar-refractivity contribution in [3.8, 4) is 0 Å². The number of ether oxygens (including phenoxy) is 1. The second kappa shape index (κ2) is 4.00. The van der Waals surface area contributed by atoms with E-state index in [2.05, 4.69) is 20.4 Å². The number of carbonyl (C=O) groups excluding carboxylic acids is 1. The molecule has 2 rings (SSSR count). The lowest BCUT2D eigenvalue weighted by molar-refractivity contribution is 0.0634. The molecule has 17 heavy (non-hydrogen) atoms. The minimum atomic E-state index is -0.582. The summed E-state index contributed by atoms with van der Waals surface area (Å²) in [4.78, 5) is 19.4. The highest BCUT2D eigenvalue weighted by Crippen LogP contribution is 2.09. The van der Waals surface area contributed by atoms with Crippen molar-refractivity contribution in [2.24, 2.45) is 0 Å². The van der Waals surface area contributed by atoms with Crippen LogP contribution in [0.25, 0.3) is 5.65 Å². The first-order chi connectivity index (χ1) is 7.94. The van der Waals surface area contributed by atoms with Gasteiger partial charge in [0.05, 0.1) is 6.20 Å². The topological polar surface area (TPSA) is 81.4 Å². The van der Waals surface area contributed by atoms with Crippen LogP contribution in [0.2, 0.25) is 0 Å². The fraction of sp³-hybridized carbons (Fsp3) is 0.400. The molecule has 90 valence electrons. The second-order valence-corrected chi connectivity index (χ2v) is 4.44. The maximum absolute atomic E-state index is 11.5. The Balaban J connectivity index is 2.11. The van der Waals surface area contributed by atoms with Crippen molar-refractivity contribution in [2.75, 3.05) is 5.32 Å². The van der Waals surface area contributed by atoms with Gasteiger partial charge in [-0.1, -0.05) is 0 Å². The quantitative estimate of drug-likeness (QED) is 0.809. The first kappa shape index (κ1) is 11.3. The molecule has 0 unspecified atom stereocenters. The van der Waals surface area contributed by atoms with Crippen LogP contribution >= 0.6 is 0 Å². The monoisotopic (exact) mass is 235 g/mol. The third-order valence-electron chi connectivity index (χ3n) is 1.75. The number of anilines is 1. The van der Waals surface area contributed by atoms with E-state index in [0.717, 1.165) is 0 Å². The molecule has 0 bridgehead atoms. The zero-order chi connectivity index (χ0) is 12.5. The molecule has 0 atom stereocenters. The Kier molecular flexibility index (Phi) is 2.66. The van der Waals surface area contributed by atoms with Crippen molar-refractivity contribution < 1.29 is 9.53 Å². The van der Waals surface area contributed by atoms with Gasteiger partial charge >= 0.3 is 6.09 Å². The van der Waals surface area contributed by atoms with Crippen LogP contribution in [0, 0.1) is 0 Å². The van der Waals surface area contributed by atoms with E-state index in [1.807, 2.05) is 0 Å². The van der Waals surface area contributed by atoms with Crippen molar-refractivity contribution in [3.63, 3.8) is 0 Å². The molecule has 0 aliphatic heterocycles. The van der Waals surface area contributed by atoms with E-state index in [9.17, 15) is 4.79 Å². The maximum Gasteiger partial charge on any atom is 0.414 e. The Morgan fingerprint density at radius 1 is 1.47 bits per heavy atom. The third-order valence-corrected chi connectivity index (χ3v) is 1.75. The number of nitrogens with zero attached hydrogens (tertiary/aromatic N) is 4. The van der Waals surface area contributed by atoms with E-state index in [0.29, 0.717) is 5.65 Å². The summed E-state index contributed by atoms with van der Waals surface area (Å²) in [5.41, 5.74) is 0.00342. The fourth-order valence-electron chi connectivity index (χ4n) is 1.19. The number of nitrogens with one attached hydrogen (secondary N) is 1. The van der Waals surface area contributed by atoms with Gasteiger partial charge in [-0.3, -0.25) is 10.3 Å². The second-order valence-electron chi connectivity index (χ2n) is 4.44. The molecule has 0 radical (unpaired) electrons. The summed E-state index contributed by atoms with van der Waals surface area (Å²) >= 11 is 0. The van der Waals surface area contributed by atoms with E-state index in [1.165, 1.54) is 4.52 Å². The summed E-state index contributed by atoms with van der Waals surface area (Å²) in [7, 11) is 0. The molecule has 2 aromatic rings. The number of hydrogen-bond acceptors (Lipinski definition) is 5. The number of aromatic nitrogens is 4. The van der Waals surface area contributed by atoms with Crippen molar-refractivity contribution in [1.82, 2.24) is 19.6 Å². The normalized spacial score (nSPS) is 11.5. The molecular weight excluding hydrogens is 222 g/mol. The van der Waals surface area contributed by atoms with E-state index < -0.39 is 11.7 Å². The standard InChI is InChI=1S/C10H13N5O2/c1-10(2,3)17-9(16)13-8-12-7-6-11-4-5-15(7)14-8/h4-6H,1-3H3,(H,13,14,16). The molecule has 0 aliphatic carbocycles. The van der Waals surface area contributed by atoms with Crippen LogP contribution in [0.15, 0.2) is 18.6 Å². The SMILES string of the molecule is CC(C)(C)OC(=O)Nc1nc2cnccn2n1. The van der Waals surface area contributed by atoms with Crippen molar-refractivity contribution in [1.29, 1.82) is 0 Å². The van der Waals surface area contributed by atoms with Gasteiger partial charge in [-0.15, -0.1) is 5.10 Å².